The third-order valence-electron chi connectivity index (χ3n) is 3.70. The number of ether oxygens (including phenoxy) is 1. The van der Waals surface area contributed by atoms with E-state index in [2.05, 4.69) is 0 Å². The molecule has 0 saturated carbocycles. The van der Waals surface area contributed by atoms with Crippen molar-refractivity contribution in [3.05, 3.63) is 34.6 Å². The quantitative estimate of drug-likeness (QED) is 0.929. The van der Waals surface area contributed by atoms with Crippen molar-refractivity contribution in [2.45, 2.75) is 25.0 Å². The molecule has 1 aromatic rings. The Kier molecular flexibility index (Phi) is 4.96. The number of carbonyl (C=O) groups is 1. The van der Waals surface area contributed by atoms with Gasteiger partial charge < -0.3 is 15.4 Å². The zero-order valence-corrected chi connectivity index (χ0v) is 12.1. The molecular weight excluding hydrogens is 283 g/mol. The number of piperidine rings is 1. The van der Waals surface area contributed by atoms with Crippen LogP contribution in [0.5, 0.6) is 0 Å². The summed E-state index contributed by atoms with van der Waals surface area (Å²) in [5.41, 5.74) is 5.76. The number of methoxy groups -OCH3 is 1. The molecule has 2 rings (SSSR count). The maximum atomic E-state index is 13.8. The summed E-state index contributed by atoms with van der Waals surface area (Å²) in [6.07, 6.45) is 1.50. The topological polar surface area (TPSA) is 55.6 Å². The molecule has 110 valence electrons. The third kappa shape index (κ3) is 3.11. The Morgan fingerprint density at radius 3 is 2.95 bits per heavy atom. The number of nitrogens with zero attached hydrogens (tertiary/aromatic N) is 1. The number of carbonyl (C=O) groups excluding carboxylic acids is 1. The van der Waals surface area contributed by atoms with Crippen LogP contribution in [0.15, 0.2) is 18.2 Å². The molecule has 1 aliphatic heterocycles. The van der Waals surface area contributed by atoms with Crippen molar-refractivity contribution < 1.29 is 13.9 Å². The van der Waals surface area contributed by atoms with E-state index in [1.807, 2.05) is 0 Å². The van der Waals surface area contributed by atoms with E-state index in [1.54, 1.807) is 12.0 Å². The van der Waals surface area contributed by atoms with E-state index >= 15 is 0 Å². The lowest BCUT2D eigenvalue weighted by molar-refractivity contribution is 0.0137. The first-order valence-electron chi connectivity index (χ1n) is 6.55. The molecule has 0 aromatic heterocycles. The zero-order valence-electron chi connectivity index (χ0n) is 11.3. The predicted molar refractivity (Wildman–Crippen MR) is 75.3 cm³/mol. The van der Waals surface area contributed by atoms with Crippen LogP contribution in [0.1, 0.15) is 23.2 Å². The molecule has 2 unspecified atom stereocenters. The smallest absolute Gasteiger partial charge is 0.257 e. The number of benzene rings is 1. The van der Waals surface area contributed by atoms with Gasteiger partial charge in [-0.1, -0.05) is 11.6 Å². The van der Waals surface area contributed by atoms with Gasteiger partial charge in [-0.3, -0.25) is 4.79 Å². The van der Waals surface area contributed by atoms with Gasteiger partial charge in [0.2, 0.25) is 0 Å². The summed E-state index contributed by atoms with van der Waals surface area (Å²) < 4.78 is 19.2. The lowest BCUT2D eigenvalue weighted by Gasteiger charge is -2.38. The molecule has 2 atom stereocenters. The highest BCUT2D eigenvalue weighted by Crippen LogP contribution is 2.23. The Bertz CT molecular complexity index is 498. The molecule has 1 heterocycles. The molecule has 1 amide bonds. The van der Waals surface area contributed by atoms with Crippen molar-refractivity contribution >= 4 is 17.5 Å². The monoisotopic (exact) mass is 300 g/mol. The number of amides is 1. The highest BCUT2D eigenvalue weighted by molar-refractivity contribution is 6.30. The summed E-state index contributed by atoms with van der Waals surface area (Å²) in [4.78, 5) is 14.1. The van der Waals surface area contributed by atoms with Crippen molar-refractivity contribution in [2.24, 2.45) is 5.73 Å². The van der Waals surface area contributed by atoms with E-state index in [0.717, 1.165) is 12.5 Å². The van der Waals surface area contributed by atoms with Gasteiger partial charge in [-0.05, 0) is 31.0 Å². The van der Waals surface area contributed by atoms with E-state index in [0.29, 0.717) is 19.5 Å². The van der Waals surface area contributed by atoms with E-state index in [1.165, 1.54) is 12.1 Å². The average molecular weight is 301 g/mol. The fraction of sp³-hybridized carbons (Fsp3) is 0.500. The van der Waals surface area contributed by atoms with Gasteiger partial charge in [0.05, 0.1) is 11.7 Å². The van der Waals surface area contributed by atoms with Gasteiger partial charge in [-0.15, -0.1) is 0 Å². The van der Waals surface area contributed by atoms with Crippen LogP contribution in [0.2, 0.25) is 5.02 Å². The van der Waals surface area contributed by atoms with Crippen LogP contribution < -0.4 is 5.73 Å². The van der Waals surface area contributed by atoms with E-state index in [4.69, 9.17) is 22.1 Å². The minimum atomic E-state index is -0.605. The molecule has 1 aromatic carbocycles. The van der Waals surface area contributed by atoms with Gasteiger partial charge in [0.1, 0.15) is 5.82 Å². The van der Waals surface area contributed by atoms with Crippen LogP contribution in [0, 0.1) is 5.82 Å². The lowest BCUT2D eigenvalue weighted by atomic mass is 9.98. The molecular formula is C14H18ClFN2O2. The molecule has 4 nitrogen and oxygen atoms in total. The van der Waals surface area contributed by atoms with Crippen LogP contribution in [0.4, 0.5) is 4.39 Å². The normalized spacial score (nSPS) is 22.9. The Hall–Kier alpha value is -1.17. The Labute approximate surface area is 122 Å². The highest BCUT2D eigenvalue weighted by atomic mass is 35.5. The lowest BCUT2D eigenvalue weighted by Crippen LogP contribution is -2.51. The number of hydrogen-bond donors (Lipinski definition) is 1. The van der Waals surface area contributed by atoms with Gasteiger partial charge in [0.25, 0.3) is 5.91 Å². The molecule has 0 aliphatic carbocycles. The second-order valence-electron chi connectivity index (χ2n) is 4.89. The number of likely N-dealkylation sites (tertiary alicyclic amines) is 1. The van der Waals surface area contributed by atoms with Crippen molar-refractivity contribution in [1.82, 2.24) is 4.90 Å². The largest absolute Gasteiger partial charge is 0.381 e. The number of rotatable bonds is 3. The second-order valence-corrected chi connectivity index (χ2v) is 5.33. The van der Waals surface area contributed by atoms with Crippen LogP contribution in [-0.4, -0.2) is 43.2 Å². The summed E-state index contributed by atoms with van der Waals surface area (Å²) in [7, 11) is 1.65. The Balaban J connectivity index is 2.19. The summed E-state index contributed by atoms with van der Waals surface area (Å²) in [6, 6.07) is 3.94. The number of nitrogens with two attached hydrogens (primary N) is 1. The first kappa shape index (κ1) is 15.2. The van der Waals surface area contributed by atoms with Gasteiger partial charge in [-0.2, -0.15) is 0 Å². The minimum absolute atomic E-state index is 0.0312. The molecule has 0 spiro atoms. The second kappa shape index (κ2) is 6.52. The van der Waals surface area contributed by atoms with Crippen LogP contribution in [0.25, 0.3) is 0 Å². The molecule has 1 saturated heterocycles. The summed E-state index contributed by atoms with van der Waals surface area (Å²) in [5, 5.41) is 0.271. The SMILES string of the molecule is COC1CCN(C(=O)c2ccc(Cl)cc2F)C(CN)C1. The Morgan fingerprint density at radius 1 is 1.60 bits per heavy atom. The highest BCUT2D eigenvalue weighted by Gasteiger charge is 2.32. The van der Waals surface area contributed by atoms with Gasteiger partial charge >= 0.3 is 0 Å². The summed E-state index contributed by atoms with van der Waals surface area (Å²) in [5.74, 6) is -0.948. The maximum absolute atomic E-state index is 13.8. The molecule has 20 heavy (non-hydrogen) atoms. The van der Waals surface area contributed by atoms with Crippen LogP contribution in [0.3, 0.4) is 0 Å². The van der Waals surface area contributed by atoms with Crippen molar-refractivity contribution in [1.29, 1.82) is 0 Å². The van der Waals surface area contributed by atoms with Crippen LogP contribution >= 0.6 is 11.6 Å². The van der Waals surface area contributed by atoms with Crippen LogP contribution in [-0.2, 0) is 4.74 Å². The number of hydrogen-bond acceptors (Lipinski definition) is 3. The van der Waals surface area contributed by atoms with Gasteiger partial charge in [0, 0.05) is 31.3 Å². The molecule has 6 heteroatoms. The Morgan fingerprint density at radius 2 is 2.35 bits per heavy atom. The van der Waals surface area contributed by atoms with E-state index in [9.17, 15) is 9.18 Å². The van der Waals surface area contributed by atoms with Crippen molar-refractivity contribution in [2.75, 3.05) is 20.2 Å². The first-order valence-corrected chi connectivity index (χ1v) is 6.93. The third-order valence-corrected chi connectivity index (χ3v) is 3.93. The first-order chi connectivity index (χ1) is 9.56. The maximum Gasteiger partial charge on any atom is 0.257 e. The molecule has 0 bridgehead atoms. The summed E-state index contributed by atoms with van der Waals surface area (Å²) in [6.45, 7) is 0.849. The van der Waals surface area contributed by atoms with Gasteiger partial charge in [0.15, 0.2) is 0 Å². The zero-order chi connectivity index (χ0) is 14.7. The fourth-order valence-electron chi connectivity index (χ4n) is 2.54. The van der Waals surface area contributed by atoms with E-state index in [-0.39, 0.29) is 28.6 Å². The predicted octanol–water partition coefficient (Wildman–Crippen LogP) is 2.06. The molecule has 0 radical (unpaired) electrons. The fourth-order valence-corrected chi connectivity index (χ4v) is 2.70. The average Bonchev–Trinajstić information content (AvgIpc) is 2.46. The number of halogens is 2. The molecule has 2 N–H and O–H groups in total. The van der Waals surface area contributed by atoms with Crippen molar-refractivity contribution in [3.63, 3.8) is 0 Å². The summed E-state index contributed by atoms with van der Waals surface area (Å²) >= 11 is 5.70. The van der Waals surface area contributed by atoms with Gasteiger partial charge in [-0.25, -0.2) is 4.39 Å². The minimum Gasteiger partial charge on any atom is -0.381 e. The standard InChI is InChI=1S/C14H18ClFN2O2/c1-20-11-4-5-18(10(7-11)8-17)14(19)12-3-2-9(15)6-13(12)16/h2-3,6,10-11H,4-5,7-8,17H2,1H3. The van der Waals surface area contributed by atoms with E-state index < -0.39 is 5.82 Å². The van der Waals surface area contributed by atoms with Crippen molar-refractivity contribution in [3.8, 4) is 0 Å². The molecule has 1 fully saturated rings. The molecule has 1 aliphatic rings.